The zero-order valence-electron chi connectivity index (χ0n) is 13.3. The third-order valence-corrected chi connectivity index (χ3v) is 5.58. The minimum atomic E-state index is -0.790. The van der Waals surface area contributed by atoms with Crippen LogP contribution < -0.4 is 0 Å². The first kappa shape index (κ1) is 15.7. The number of rotatable bonds is 6. The molecule has 0 bridgehead atoms. The fourth-order valence-corrected chi connectivity index (χ4v) is 4.27. The Labute approximate surface area is 137 Å². The first-order valence-electron chi connectivity index (χ1n) is 8.32. The van der Waals surface area contributed by atoms with Crippen molar-refractivity contribution in [2.24, 2.45) is 0 Å². The number of aryl methyl sites for hydroxylation is 1. The molecule has 3 rings (SSSR count). The van der Waals surface area contributed by atoms with Gasteiger partial charge in [0.1, 0.15) is 5.72 Å². The predicted molar refractivity (Wildman–Crippen MR) is 93.2 cm³/mol. The Kier molecular flexibility index (Phi) is 4.97. The van der Waals surface area contributed by atoms with Gasteiger partial charge in [-0.3, -0.25) is 4.90 Å². The number of fused-ring (bicyclic) bond motifs is 1. The Morgan fingerprint density at radius 3 is 2.82 bits per heavy atom. The molecule has 1 aromatic carbocycles. The van der Waals surface area contributed by atoms with Crippen molar-refractivity contribution in [3.05, 3.63) is 57.8 Å². The van der Waals surface area contributed by atoms with E-state index in [2.05, 4.69) is 53.6 Å². The van der Waals surface area contributed by atoms with Gasteiger partial charge in [0.2, 0.25) is 0 Å². The van der Waals surface area contributed by atoms with Gasteiger partial charge in [-0.05, 0) is 49.1 Å². The van der Waals surface area contributed by atoms with Crippen LogP contribution in [0.25, 0.3) is 0 Å². The van der Waals surface area contributed by atoms with Gasteiger partial charge in [0.25, 0.3) is 0 Å². The molecule has 1 aliphatic carbocycles. The minimum Gasteiger partial charge on any atom is -0.371 e. The number of hydrogen-bond acceptors (Lipinski definition) is 3. The molecule has 1 heterocycles. The van der Waals surface area contributed by atoms with E-state index in [-0.39, 0.29) is 0 Å². The zero-order valence-corrected chi connectivity index (χ0v) is 14.1. The fourth-order valence-electron chi connectivity index (χ4n) is 3.57. The Bertz CT molecular complexity index is 595. The largest absolute Gasteiger partial charge is 0.371 e. The summed E-state index contributed by atoms with van der Waals surface area (Å²) in [7, 11) is 0. The fraction of sp³-hybridized carbons (Fsp3) is 0.474. The van der Waals surface area contributed by atoms with Gasteiger partial charge >= 0.3 is 0 Å². The van der Waals surface area contributed by atoms with Crippen LogP contribution >= 0.6 is 11.3 Å². The monoisotopic (exact) mass is 315 g/mol. The molecule has 1 aliphatic rings. The summed E-state index contributed by atoms with van der Waals surface area (Å²) in [6, 6.07) is 12.7. The number of aliphatic hydroxyl groups is 1. The highest BCUT2D eigenvalue weighted by molar-refractivity contribution is 7.09. The number of hydrogen-bond donors (Lipinski definition) is 1. The molecule has 1 aromatic heterocycles. The summed E-state index contributed by atoms with van der Waals surface area (Å²) in [4.78, 5) is 3.69. The molecule has 1 atom stereocenters. The SMILES string of the molecule is CCCN(CCc1cccs1)C1(O)CCCc2ccccc21. The lowest BCUT2D eigenvalue weighted by molar-refractivity contribution is -0.127. The van der Waals surface area contributed by atoms with Gasteiger partial charge in [-0.1, -0.05) is 37.3 Å². The van der Waals surface area contributed by atoms with Crippen LogP contribution in [0, 0.1) is 0 Å². The standard InChI is InChI=1S/C19H25NOS/c1-2-13-20(14-11-17-9-6-15-22-17)19(21)12-5-8-16-7-3-4-10-18(16)19/h3-4,6-7,9-10,15,21H,2,5,8,11-14H2,1H3. The van der Waals surface area contributed by atoms with E-state index in [1.165, 1.54) is 10.4 Å². The average Bonchev–Trinajstić information content (AvgIpc) is 3.05. The second-order valence-electron chi connectivity index (χ2n) is 6.14. The van der Waals surface area contributed by atoms with Gasteiger partial charge in [-0.25, -0.2) is 0 Å². The van der Waals surface area contributed by atoms with Crippen LogP contribution in [0.5, 0.6) is 0 Å². The van der Waals surface area contributed by atoms with Crippen molar-refractivity contribution < 1.29 is 5.11 Å². The highest BCUT2D eigenvalue weighted by atomic mass is 32.1. The Morgan fingerprint density at radius 1 is 1.18 bits per heavy atom. The molecule has 22 heavy (non-hydrogen) atoms. The van der Waals surface area contributed by atoms with E-state index in [4.69, 9.17) is 0 Å². The predicted octanol–water partition coefficient (Wildman–Crippen LogP) is 4.18. The molecule has 0 aliphatic heterocycles. The second-order valence-corrected chi connectivity index (χ2v) is 7.18. The van der Waals surface area contributed by atoms with Gasteiger partial charge in [0, 0.05) is 23.5 Å². The van der Waals surface area contributed by atoms with Crippen LogP contribution in [0.4, 0.5) is 0 Å². The van der Waals surface area contributed by atoms with Crippen LogP contribution in [-0.2, 0) is 18.6 Å². The molecule has 0 saturated carbocycles. The lowest BCUT2D eigenvalue weighted by Gasteiger charge is -2.43. The van der Waals surface area contributed by atoms with Crippen molar-refractivity contribution in [1.29, 1.82) is 0 Å². The van der Waals surface area contributed by atoms with Crippen molar-refractivity contribution in [3.63, 3.8) is 0 Å². The van der Waals surface area contributed by atoms with Gasteiger partial charge in [0.15, 0.2) is 0 Å². The number of thiophene rings is 1. The van der Waals surface area contributed by atoms with E-state index in [9.17, 15) is 5.11 Å². The Morgan fingerprint density at radius 2 is 2.05 bits per heavy atom. The zero-order chi connectivity index (χ0) is 15.4. The summed E-state index contributed by atoms with van der Waals surface area (Å²) in [6.07, 6.45) is 5.07. The molecule has 3 heteroatoms. The lowest BCUT2D eigenvalue weighted by Crippen LogP contribution is -2.49. The first-order chi connectivity index (χ1) is 10.7. The van der Waals surface area contributed by atoms with Gasteiger partial charge < -0.3 is 5.11 Å². The molecule has 1 N–H and O–H groups in total. The highest BCUT2D eigenvalue weighted by Crippen LogP contribution is 2.38. The van der Waals surface area contributed by atoms with Gasteiger partial charge in [-0.15, -0.1) is 11.3 Å². The van der Waals surface area contributed by atoms with Gasteiger partial charge in [-0.2, -0.15) is 0 Å². The Hall–Kier alpha value is -1.16. The Balaban J connectivity index is 1.84. The van der Waals surface area contributed by atoms with E-state index in [0.717, 1.165) is 50.8 Å². The van der Waals surface area contributed by atoms with Crippen molar-refractivity contribution in [3.8, 4) is 0 Å². The third kappa shape index (κ3) is 3.12. The molecule has 0 radical (unpaired) electrons. The quantitative estimate of drug-likeness (QED) is 0.808. The van der Waals surface area contributed by atoms with E-state index in [1.807, 2.05) is 0 Å². The summed E-state index contributed by atoms with van der Waals surface area (Å²) in [5.74, 6) is 0. The maximum absolute atomic E-state index is 11.5. The molecule has 0 spiro atoms. The normalized spacial score (nSPS) is 21.0. The van der Waals surface area contributed by atoms with Crippen LogP contribution in [0.15, 0.2) is 41.8 Å². The van der Waals surface area contributed by atoms with E-state index >= 15 is 0 Å². The molecular weight excluding hydrogens is 290 g/mol. The topological polar surface area (TPSA) is 23.5 Å². The van der Waals surface area contributed by atoms with Crippen LogP contribution in [-0.4, -0.2) is 23.1 Å². The molecular formula is C19H25NOS. The van der Waals surface area contributed by atoms with Crippen molar-refractivity contribution in [2.45, 2.75) is 44.8 Å². The molecule has 0 amide bonds. The average molecular weight is 315 g/mol. The summed E-state index contributed by atoms with van der Waals surface area (Å²) in [5, 5.41) is 13.6. The van der Waals surface area contributed by atoms with Crippen molar-refractivity contribution in [2.75, 3.05) is 13.1 Å². The summed E-state index contributed by atoms with van der Waals surface area (Å²) < 4.78 is 0. The van der Waals surface area contributed by atoms with Gasteiger partial charge in [0.05, 0.1) is 0 Å². The number of nitrogens with zero attached hydrogens (tertiary/aromatic N) is 1. The second kappa shape index (κ2) is 6.95. The van der Waals surface area contributed by atoms with Crippen LogP contribution in [0.3, 0.4) is 0 Å². The summed E-state index contributed by atoms with van der Waals surface area (Å²) in [6.45, 7) is 4.05. The maximum atomic E-state index is 11.5. The highest BCUT2D eigenvalue weighted by Gasteiger charge is 2.39. The van der Waals surface area contributed by atoms with Crippen LogP contribution in [0.1, 0.15) is 42.2 Å². The maximum Gasteiger partial charge on any atom is 0.144 e. The molecule has 0 fully saturated rings. The molecule has 0 saturated heterocycles. The van der Waals surface area contributed by atoms with Crippen molar-refractivity contribution in [1.82, 2.24) is 4.90 Å². The first-order valence-corrected chi connectivity index (χ1v) is 9.20. The molecule has 1 unspecified atom stereocenters. The molecule has 2 nitrogen and oxygen atoms in total. The van der Waals surface area contributed by atoms with E-state index in [1.54, 1.807) is 11.3 Å². The lowest BCUT2D eigenvalue weighted by atomic mass is 9.83. The smallest absolute Gasteiger partial charge is 0.144 e. The molecule has 2 aromatic rings. The van der Waals surface area contributed by atoms with Crippen molar-refractivity contribution >= 4 is 11.3 Å². The van der Waals surface area contributed by atoms with Crippen LogP contribution in [0.2, 0.25) is 0 Å². The molecule has 118 valence electrons. The number of benzene rings is 1. The summed E-state index contributed by atoms with van der Waals surface area (Å²) >= 11 is 1.81. The third-order valence-electron chi connectivity index (χ3n) is 4.65. The van der Waals surface area contributed by atoms with E-state index < -0.39 is 5.72 Å². The van der Waals surface area contributed by atoms with E-state index in [0.29, 0.717) is 0 Å². The summed E-state index contributed by atoms with van der Waals surface area (Å²) in [5.41, 5.74) is 1.65. The minimum absolute atomic E-state index is 0.790.